The summed E-state index contributed by atoms with van der Waals surface area (Å²) in [4.78, 5) is -0.0276. The largest absolute Gasteiger partial charge is 0.384 e. The van der Waals surface area contributed by atoms with E-state index in [-0.39, 0.29) is 23.8 Å². The lowest BCUT2D eigenvalue weighted by molar-refractivity contribution is 0.217. The second kappa shape index (κ2) is 6.67. The van der Waals surface area contributed by atoms with E-state index >= 15 is 0 Å². The van der Waals surface area contributed by atoms with Gasteiger partial charge in [0.1, 0.15) is 0 Å². The van der Waals surface area contributed by atoms with E-state index < -0.39 is 19.1 Å². The second-order valence-corrected chi connectivity index (χ2v) is 8.21. The first kappa shape index (κ1) is 16.4. The van der Waals surface area contributed by atoms with Gasteiger partial charge in [0.2, 0.25) is 10.0 Å². The molecule has 1 aromatic rings. The molecule has 0 saturated heterocycles. The Kier molecular flexibility index (Phi) is 5.75. The monoisotopic (exact) mass is 327 g/mol. The summed E-state index contributed by atoms with van der Waals surface area (Å²) in [5, 5.41) is 0. The highest BCUT2D eigenvalue weighted by atomic mass is 35.7. The molecule has 0 aliphatic heterocycles. The molecule has 1 rings (SSSR count). The van der Waals surface area contributed by atoms with Crippen LogP contribution < -0.4 is 4.72 Å². The lowest BCUT2D eigenvalue weighted by Crippen LogP contribution is -2.27. The van der Waals surface area contributed by atoms with Gasteiger partial charge in [-0.2, -0.15) is 0 Å². The fourth-order valence-corrected chi connectivity index (χ4v) is 2.92. The molecule has 0 aliphatic carbocycles. The first-order valence-corrected chi connectivity index (χ1v) is 9.20. The van der Waals surface area contributed by atoms with E-state index in [2.05, 4.69) is 9.46 Å². The van der Waals surface area contributed by atoms with E-state index in [4.69, 9.17) is 10.7 Å². The average molecular weight is 328 g/mol. The van der Waals surface area contributed by atoms with Crippen LogP contribution in [0.15, 0.2) is 29.2 Å². The van der Waals surface area contributed by atoms with Crippen molar-refractivity contribution < 1.29 is 21.6 Å². The summed E-state index contributed by atoms with van der Waals surface area (Å²) in [6.45, 7) is 0.188. The molecule has 0 saturated carbocycles. The SMILES string of the molecule is COCCS(=O)(=O)NCc1ccc(S(=O)(=O)Cl)cc1. The number of methoxy groups -OCH3 is 1. The minimum absolute atomic E-state index is 0.0276. The predicted molar refractivity (Wildman–Crippen MR) is 72.0 cm³/mol. The van der Waals surface area contributed by atoms with Gasteiger partial charge >= 0.3 is 0 Å². The molecule has 0 atom stereocenters. The molecule has 0 bridgehead atoms. The van der Waals surface area contributed by atoms with Gasteiger partial charge in [0.05, 0.1) is 17.3 Å². The van der Waals surface area contributed by atoms with E-state index in [0.29, 0.717) is 5.56 Å². The first-order chi connectivity index (χ1) is 8.74. The molecule has 0 unspecified atom stereocenters. The van der Waals surface area contributed by atoms with Crippen molar-refractivity contribution in [3.8, 4) is 0 Å². The number of ether oxygens (including phenoxy) is 1. The smallest absolute Gasteiger partial charge is 0.261 e. The van der Waals surface area contributed by atoms with Gasteiger partial charge in [0.15, 0.2) is 0 Å². The zero-order chi connectivity index (χ0) is 14.5. The van der Waals surface area contributed by atoms with Crippen molar-refractivity contribution >= 4 is 29.8 Å². The highest BCUT2D eigenvalue weighted by Crippen LogP contribution is 2.15. The van der Waals surface area contributed by atoms with Crippen molar-refractivity contribution in [2.75, 3.05) is 19.5 Å². The van der Waals surface area contributed by atoms with Crippen molar-refractivity contribution in [1.82, 2.24) is 4.72 Å². The van der Waals surface area contributed by atoms with Gasteiger partial charge in [-0.05, 0) is 17.7 Å². The molecule has 0 heterocycles. The molecule has 1 N–H and O–H groups in total. The summed E-state index contributed by atoms with van der Waals surface area (Å²) in [6.07, 6.45) is 0. The average Bonchev–Trinajstić information content (AvgIpc) is 2.34. The lowest BCUT2D eigenvalue weighted by atomic mass is 10.2. The molecule has 0 fully saturated rings. The van der Waals surface area contributed by atoms with Crippen LogP contribution in [0.2, 0.25) is 0 Å². The highest BCUT2D eigenvalue weighted by Gasteiger charge is 2.11. The first-order valence-electron chi connectivity index (χ1n) is 5.24. The Morgan fingerprint density at radius 2 is 1.74 bits per heavy atom. The number of rotatable bonds is 7. The fraction of sp³-hybridized carbons (Fsp3) is 0.400. The van der Waals surface area contributed by atoms with Gasteiger partial charge in [-0.15, -0.1) is 0 Å². The zero-order valence-corrected chi connectivity index (χ0v) is 12.6. The van der Waals surface area contributed by atoms with Crippen LogP contribution in [-0.2, 0) is 30.4 Å². The van der Waals surface area contributed by atoms with E-state index in [1.165, 1.54) is 31.4 Å². The third kappa shape index (κ3) is 5.87. The third-order valence-electron chi connectivity index (χ3n) is 2.26. The highest BCUT2D eigenvalue weighted by molar-refractivity contribution is 8.13. The Labute approximate surface area is 117 Å². The Morgan fingerprint density at radius 1 is 1.16 bits per heavy atom. The van der Waals surface area contributed by atoms with Crippen LogP contribution in [-0.4, -0.2) is 36.3 Å². The topological polar surface area (TPSA) is 89.5 Å². The number of nitrogens with one attached hydrogen (secondary N) is 1. The van der Waals surface area contributed by atoms with E-state index in [1.807, 2.05) is 0 Å². The third-order valence-corrected chi connectivity index (χ3v) is 4.92. The van der Waals surface area contributed by atoms with Crippen LogP contribution in [0.25, 0.3) is 0 Å². The van der Waals surface area contributed by atoms with E-state index in [9.17, 15) is 16.8 Å². The van der Waals surface area contributed by atoms with Gasteiger partial charge in [0, 0.05) is 24.3 Å². The summed E-state index contributed by atoms with van der Waals surface area (Å²) in [7, 11) is -0.576. The summed E-state index contributed by atoms with van der Waals surface area (Å²) >= 11 is 0. The van der Waals surface area contributed by atoms with Crippen LogP contribution >= 0.6 is 10.7 Å². The van der Waals surface area contributed by atoms with Gasteiger partial charge in [-0.3, -0.25) is 0 Å². The van der Waals surface area contributed by atoms with Crippen LogP contribution in [0.3, 0.4) is 0 Å². The van der Waals surface area contributed by atoms with E-state index in [1.54, 1.807) is 0 Å². The zero-order valence-electron chi connectivity index (χ0n) is 10.2. The lowest BCUT2D eigenvalue weighted by Gasteiger charge is -2.06. The Bertz CT molecular complexity index is 610. The molecule has 19 heavy (non-hydrogen) atoms. The summed E-state index contributed by atoms with van der Waals surface area (Å²) < 4.78 is 52.1. The Morgan fingerprint density at radius 3 is 2.21 bits per heavy atom. The van der Waals surface area contributed by atoms with Crippen molar-refractivity contribution in [3.05, 3.63) is 29.8 Å². The molecule has 1 aromatic carbocycles. The molecule has 0 amide bonds. The molecule has 6 nitrogen and oxygen atoms in total. The number of halogens is 1. The standard InChI is InChI=1S/C10H14ClNO5S2/c1-17-6-7-18(13,14)12-8-9-2-4-10(5-3-9)19(11,15)16/h2-5,12H,6-8H2,1H3. The maximum absolute atomic E-state index is 11.5. The van der Waals surface area contributed by atoms with Crippen LogP contribution in [0.4, 0.5) is 0 Å². The summed E-state index contributed by atoms with van der Waals surface area (Å²) in [5.41, 5.74) is 0.630. The Hall–Kier alpha value is -0.670. The fourth-order valence-electron chi connectivity index (χ4n) is 1.23. The normalized spacial score (nSPS) is 12.5. The molecule has 0 aromatic heterocycles. The molecule has 0 spiro atoms. The van der Waals surface area contributed by atoms with Crippen LogP contribution in [0.1, 0.15) is 5.56 Å². The second-order valence-electron chi connectivity index (χ2n) is 3.71. The molecular weight excluding hydrogens is 314 g/mol. The minimum Gasteiger partial charge on any atom is -0.384 e. The number of hydrogen-bond acceptors (Lipinski definition) is 5. The van der Waals surface area contributed by atoms with Crippen LogP contribution in [0.5, 0.6) is 0 Å². The van der Waals surface area contributed by atoms with Gasteiger partial charge in [0.25, 0.3) is 9.05 Å². The van der Waals surface area contributed by atoms with Crippen molar-refractivity contribution in [2.24, 2.45) is 0 Å². The van der Waals surface area contributed by atoms with E-state index in [0.717, 1.165) is 0 Å². The number of sulfonamides is 1. The maximum atomic E-state index is 11.5. The van der Waals surface area contributed by atoms with Crippen molar-refractivity contribution in [2.45, 2.75) is 11.4 Å². The van der Waals surface area contributed by atoms with Gasteiger partial charge in [-0.1, -0.05) is 12.1 Å². The van der Waals surface area contributed by atoms with Gasteiger partial charge in [-0.25, -0.2) is 21.6 Å². The summed E-state index contributed by atoms with van der Waals surface area (Å²) in [6, 6.07) is 5.63. The predicted octanol–water partition coefficient (Wildman–Crippen LogP) is 0.680. The Balaban J connectivity index is 2.65. The van der Waals surface area contributed by atoms with Crippen molar-refractivity contribution in [1.29, 1.82) is 0 Å². The van der Waals surface area contributed by atoms with Gasteiger partial charge < -0.3 is 4.74 Å². The van der Waals surface area contributed by atoms with Crippen molar-refractivity contribution in [3.63, 3.8) is 0 Å². The summed E-state index contributed by atoms with van der Waals surface area (Å²) in [5.74, 6) is -0.127. The molecular formula is C10H14ClNO5S2. The maximum Gasteiger partial charge on any atom is 0.261 e. The quantitative estimate of drug-likeness (QED) is 0.744. The number of hydrogen-bond donors (Lipinski definition) is 1. The minimum atomic E-state index is -3.76. The molecule has 0 radical (unpaired) electrons. The molecule has 0 aliphatic rings. The molecule has 108 valence electrons. The molecule has 9 heteroatoms. The van der Waals surface area contributed by atoms with Crippen LogP contribution in [0, 0.1) is 0 Å². The number of benzene rings is 1.